The molecule has 0 radical (unpaired) electrons. The molecule has 2 fully saturated rings. The normalized spacial score (nSPS) is 18.4. The highest BCUT2D eigenvalue weighted by atomic mass is 32.2. The summed E-state index contributed by atoms with van der Waals surface area (Å²) < 4.78 is 29.4. The number of hydrogen-bond donors (Lipinski definition) is 5. The molecule has 0 bridgehead atoms. The summed E-state index contributed by atoms with van der Waals surface area (Å²) >= 11 is 0. The van der Waals surface area contributed by atoms with Gasteiger partial charge in [-0.25, -0.2) is 8.42 Å². The Morgan fingerprint density at radius 1 is 1.13 bits per heavy atom. The lowest BCUT2D eigenvalue weighted by Gasteiger charge is -2.33. The summed E-state index contributed by atoms with van der Waals surface area (Å²) in [5.74, 6) is -2.50. The molecular weight excluding hydrogens is 524 g/mol. The maximum atomic E-state index is 13.5. The Hall–Kier alpha value is -3.71. The van der Waals surface area contributed by atoms with Crippen LogP contribution in [0.1, 0.15) is 32.1 Å². The first-order valence-corrected chi connectivity index (χ1v) is 14.4. The number of piperidine rings is 1. The number of aliphatic carboxylic acids is 1. The van der Waals surface area contributed by atoms with Crippen molar-refractivity contribution in [2.45, 2.75) is 49.1 Å². The van der Waals surface area contributed by atoms with Gasteiger partial charge in [-0.15, -0.1) is 0 Å². The van der Waals surface area contributed by atoms with Crippen molar-refractivity contribution in [3.05, 3.63) is 42.5 Å². The highest BCUT2D eigenvalue weighted by Gasteiger charge is 2.39. The number of carboxylic acids is 1. The maximum absolute atomic E-state index is 13.5. The number of carboxylic acid groups (broad SMARTS) is 1. The summed E-state index contributed by atoms with van der Waals surface area (Å²) in [6.07, 6.45) is 2.38. The third-order valence-electron chi connectivity index (χ3n) is 7.05. The second kappa shape index (κ2) is 12.0. The topological polar surface area (TPSA) is 186 Å². The van der Waals surface area contributed by atoms with Gasteiger partial charge in [-0.1, -0.05) is 36.4 Å². The number of carbonyl (C=O) groups is 3. The molecule has 1 heterocycles. The average molecular weight is 559 g/mol. The molecule has 210 valence electrons. The molecule has 0 aromatic heterocycles. The van der Waals surface area contributed by atoms with Gasteiger partial charge in [0.2, 0.25) is 21.8 Å². The van der Waals surface area contributed by atoms with E-state index >= 15 is 0 Å². The van der Waals surface area contributed by atoms with Gasteiger partial charge in [-0.2, -0.15) is 4.72 Å². The zero-order valence-electron chi connectivity index (χ0n) is 21.5. The van der Waals surface area contributed by atoms with Gasteiger partial charge >= 0.3 is 5.97 Å². The third kappa shape index (κ3) is 7.24. The molecular formula is C26H34N6O6S. The van der Waals surface area contributed by atoms with Gasteiger partial charge in [-0.3, -0.25) is 19.8 Å². The molecule has 13 heteroatoms. The summed E-state index contributed by atoms with van der Waals surface area (Å²) in [5.41, 5.74) is 5.59. The van der Waals surface area contributed by atoms with Crippen molar-refractivity contribution in [3.8, 4) is 0 Å². The highest BCUT2D eigenvalue weighted by Crippen LogP contribution is 2.28. The lowest BCUT2D eigenvalue weighted by atomic mass is 9.98. The molecule has 2 atom stereocenters. The highest BCUT2D eigenvalue weighted by molar-refractivity contribution is 7.89. The number of guanidine groups is 1. The number of fused-ring (bicyclic) bond motifs is 1. The van der Waals surface area contributed by atoms with Crippen molar-refractivity contribution >= 4 is 44.5 Å². The number of nitrogens with one attached hydrogen (secondary N) is 3. The molecule has 12 nitrogen and oxygen atoms in total. The van der Waals surface area contributed by atoms with Crippen LogP contribution in [0, 0.1) is 11.3 Å². The van der Waals surface area contributed by atoms with Gasteiger partial charge in [0, 0.05) is 31.1 Å². The predicted octanol–water partition coefficient (Wildman–Crippen LogP) is 0.674. The SMILES string of the molecule is N=C(N)N1CCC[C@@H](CNC(=O)C[C@H](NS(=O)(=O)c2cccc3ccccc23)C(=O)N(CC(=O)O)C2CC2)C1. The van der Waals surface area contributed by atoms with E-state index in [1.807, 2.05) is 0 Å². The summed E-state index contributed by atoms with van der Waals surface area (Å²) in [5, 5.41) is 20.9. The smallest absolute Gasteiger partial charge is 0.323 e. The predicted molar refractivity (Wildman–Crippen MR) is 144 cm³/mol. The van der Waals surface area contributed by atoms with Gasteiger partial charge < -0.3 is 26.0 Å². The molecule has 2 aliphatic rings. The quantitative estimate of drug-likeness (QED) is 0.197. The number of hydrogen-bond acceptors (Lipinski definition) is 6. The van der Waals surface area contributed by atoms with Gasteiger partial charge in [0.05, 0.1) is 11.3 Å². The van der Waals surface area contributed by atoms with Crippen molar-refractivity contribution in [2.75, 3.05) is 26.2 Å². The molecule has 1 aliphatic heterocycles. The van der Waals surface area contributed by atoms with Crippen LogP contribution in [0.3, 0.4) is 0 Å². The van der Waals surface area contributed by atoms with E-state index in [1.54, 1.807) is 41.3 Å². The number of carbonyl (C=O) groups excluding carboxylic acids is 2. The lowest BCUT2D eigenvalue weighted by molar-refractivity contribution is -0.146. The van der Waals surface area contributed by atoms with Crippen LogP contribution in [-0.2, 0) is 24.4 Å². The Bertz CT molecular complexity index is 1360. The van der Waals surface area contributed by atoms with Crippen molar-refractivity contribution in [3.63, 3.8) is 0 Å². The molecule has 2 amide bonds. The summed E-state index contributed by atoms with van der Waals surface area (Å²) in [4.78, 5) is 40.8. The Labute approximate surface area is 227 Å². The molecule has 2 aromatic carbocycles. The first-order chi connectivity index (χ1) is 18.5. The summed E-state index contributed by atoms with van der Waals surface area (Å²) in [6, 6.07) is 9.90. The third-order valence-corrected chi connectivity index (χ3v) is 8.58. The van der Waals surface area contributed by atoms with E-state index in [1.165, 1.54) is 6.07 Å². The zero-order chi connectivity index (χ0) is 28.2. The standard InChI is InChI=1S/C26H34N6O6S/c27-26(28)31-12-4-5-17(15-31)14-29-23(33)13-21(25(36)32(16-24(34)35)19-10-11-19)30-39(37,38)22-9-3-7-18-6-1-2-8-20(18)22/h1-3,6-9,17,19,21,30H,4-5,10-16H2,(H3,27,28)(H,29,33)(H,34,35)/t17-,21-/m0/s1. The first kappa shape index (κ1) is 28.3. The Morgan fingerprint density at radius 2 is 1.85 bits per heavy atom. The minimum atomic E-state index is -4.27. The molecule has 1 aliphatic carbocycles. The fourth-order valence-corrected chi connectivity index (χ4v) is 6.36. The minimum Gasteiger partial charge on any atom is -0.480 e. The van der Waals surface area contributed by atoms with Crippen LogP contribution in [0.15, 0.2) is 47.4 Å². The van der Waals surface area contributed by atoms with Crippen LogP contribution >= 0.6 is 0 Å². The molecule has 6 N–H and O–H groups in total. The van der Waals surface area contributed by atoms with Crippen LogP contribution < -0.4 is 15.8 Å². The number of rotatable bonds is 11. The molecule has 0 unspecified atom stereocenters. The van der Waals surface area contributed by atoms with Gasteiger partial charge in [0.1, 0.15) is 12.6 Å². The van der Waals surface area contributed by atoms with E-state index in [0.717, 1.165) is 17.7 Å². The van der Waals surface area contributed by atoms with Crippen LogP contribution in [0.5, 0.6) is 0 Å². The molecule has 0 spiro atoms. The number of likely N-dealkylation sites (tertiary alicyclic amines) is 1. The molecule has 1 saturated heterocycles. The molecule has 39 heavy (non-hydrogen) atoms. The number of benzene rings is 2. The number of nitrogens with two attached hydrogens (primary N) is 1. The van der Waals surface area contributed by atoms with E-state index in [2.05, 4.69) is 10.0 Å². The maximum Gasteiger partial charge on any atom is 0.323 e. The molecule has 2 aromatic rings. The number of nitrogens with zero attached hydrogens (tertiary/aromatic N) is 2. The fourth-order valence-electron chi connectivity index (χ4n) is 4.95. The fraction of sp³-hybridized carbons (Fsp3) is 0.462. The van der Waals surface area contributed by atoms with Crippen LogP contribution in [0.2, 0.25) is 0 Å². The number of amides is 2. The Balaban J connectivity index is 1.53. The molecule has 1 saturated carbocycles. The first-order valence-electron chi connectivity index (χ1n) is 12.9. The van der Waals surface area contributed by atoms with E-state index < -0.39 is 46.8 Å². The minimum absolute atomic E-state index is 0.0295. The van der Waals surface area contributed by atoms with Crippen molar-refractivity contribution in [1.29, 1.82) is 5.41 Å². The van der Waals surface area contributed by atoms with E-state index in [0.29, 0.717) is 36.7 Å². The van der Waals surface area contributed by atoms with Crippen LogP contribution in [0.25, 0.3) is 10.8 Å². The van der Waals surface area contributed by atoms with Gasteiger partial charge in [0.15, 0.2) is 5.96 Å². The van der Waals surface area contributed by atoms with E-state index in [4.69, 9.17) is 11.1 Å². The van der Waals surface area contributed by atoms with Crippen molar-refractivity contribution in [1.82, 2.24) is 19.8 Å². The lowest BCUT2D eigenvalue weighted by Crippen LogP contribution is -2.52. The zero-order valence-corrected chi connectivity index (χ0v) is 22.3. The van der Waals surface area contributed by atoms with Crippen LogP contribution in [-0.4, -0.2) is 85.3 Å². The Morgan fingerprint density at radius 3 is 2.54 bits per heavy atom. The largest absolute Gasteiger partial charge is 0.480 e. The van der Waals surface area contributed by atoms with Crippen LogP contribution in [0.4, 0.5) is 0 Å². The second-order valence-electron chi connectivity index (χ2n) is 10.1. The van der Waals surface area contributed by atoms with Gasteiger partial charge in [-0.05, 0) is 43.1 Å². The summed E-state index contributed by atoms with van der Waals surface area (Å²) in [6.45, 7) is 0.883. The monoisotopic (exact) mass is 558 g/mol. The van der Waals surface area contributed by atoms with Crippen molar-refractivity contribution in [2.24, 2.45) is 11.7 Å². The average Bonchev–Trinajstić information content (AvgIpc) is 3.75. The summed E-state index contributed by atoms with van der Waals surface area (Å²) in [7, 11) is -4.27. The van der Waals surface area contributed by atoms with E-state index in [-0.39, 0.29) is 29.4 Å². The van der Waals surface area contributed by atoms with Gasteiger partial charge in [0.25, 0.3) is 0 Å². The Kier molecular flexibility index (Phi) is 8.70. The van der Waals surface area contributed by atoms with E-state index in [9.17, 15) is 27.9 Å². The number of sulfonamides is 1. The molecule has 4 rings (SSSR count). The second-order valence-corrected chi connectivity index (χ2v) is 11.8. The van der Waals surface area contributed by atoms with Crippen molar-refractivity contribution < 1.29 is 27.9 Å².